The van der Waals surface area contributed by atoms with Crippen LogP contribution in [-0.4, -0.2) is 9.49 Å². The predicted molar refractivity (Wildman–Crippen MR) is 104 cm³/mol. The van der Waals surface area contributed by atoms with E-state index in [4.69, 9.17) is 0 Å². The third kappa shape index (κ3) is 2.54. The van der Waals surface area contributed by atoms with Crippen molar-refractivity contribution in [2.24, 2.45) is 0 Å². The quantitative estimate of drug-likeness (QED) is 0.341. The largest absolute Gasteiger partial charge is 0.341 e. The monoisotopic (exact) mass is 344 g/mol. The molecule has 0 N–H and O–H groups in total. The molecule has 5 nitrogen and oxygen atoms in total. The highest BCUT2D eigenvalue weighted by molar-refractivity contribution is 6.07. The smallest absolute Gasteiger partial charge is 0.270 e. The molecule has 0 amide bonds. The molecule has 5 aromatic rings. The lowest BCUT2D eigenvalue weighted by molar-refractivity contribution is -0.384. The molecular formula is C21H16N2O3. The van der Waals surface area contributed by atoms with E-state index >= 15 is 0 Å². The Morgan fingerprint density at radius 2 is 1.42 bits per heavy atom. The molecule has 0 saturated carbocycles. The number of hydrogen-bond donors (Lipinski definition) is 0. The fourth-order valence-corrected chi connectivity index (χ4v) is 3.33. The van der Waals surface area contributed by atoms with E-state index in [2.05, 4.69) is 60.0 Å². The molecule has 0 saturated heterocycles. The number of rotatable bonds is 2. The molecule has 0 aliphatic carbocycles. The molecule has 5 rings (SSSR count). The molecule has 4 aromatic carbocycles. The highest BCUT2D eigenvalue weighted by Crippen LogP contribution is 2.28. The third-order valence-electron chi connectivity index (χ3n) is 4.64. The SMILES string of the molecule is CCn1c2ccccc2c2ccccc21.O=c1c2ccc([N+](=O)[O-])cc12. The first kappa shape index (κ1) is 16.0. The number of nitrogens with zero attached hydrogens (tertiary/aromatic N) is 2. The van der Waals surface area contributed by atoms with Gasteiger partial charge >= 0.3 is 0 Å². The van der Waals surface area contributed by atoms with Gasteiger partial charge in [-0.1, -0.05) is 36.4 Å². The predicted octanol–water partition coefficient (Wildman–Crippen LogP) is 4.80. The summed E-state index contributed by atoms with van der Waals surface area (Å²) in [4.78, 5) is 20.4. The number of para-hydroxylation sites is 2. The average molecular weight is 344 g/mol. The summed E-state index contributed by atoms with van der Waals surface area (Å²) in [5.41, 5.74) is 2.58. The van der Waals surface area contributed by atoms with E-state index in [1.54, 1.807) is 0 Å². The number of hydrogen-bond acceptors (Lipinski definition) is 3. The lowest BCUT2D eigenvalue weighted by Crippen LogP contribution is -1.91. The molecule has 0 aliphatic heterocycles. The van der Waals surface area contributed by atoms with Gasteiger partial charge in [0.05, 0.1) is 4.92 Å². The van der Waals surface area contributed by atoms with Gasteiger partial charge < -0.3 is 4.57 Å². The van der Waals surface area contributed by atoms with Crippen molar-refractivity contribution >= 4 is 38.3 Å². The fraction of sp³-hybridized carbons (Fsp3) is 0.0952. The molecule has 0 radical (unpaired) electrons. The van der Waals surface area contributed by atoms with Crippen molar-refractivity contribution in [3.05, 3.63) is 87.1 Å². The van der Waals surface area contributed by atoms with Crippen LogP contribution in [0.4, 0.5) is 5.69 Å². The summed E-state index contributed by atoms with van der Waals surface area (Å²) in [6.07, 6.45) is 0. The molecule has 0 fully saturated rings. The Labute approximate surface area is 148 Å². The molecule has 0 spiro atoms. The van der Waals surface area contributed by atoms with Gasteiger partial charge in [0.15, 0.2) is 5.43 Å². The molecule has 1 aromatic heterocycles. The van der Waals surface area contributed by atoms with Crippen molar-refractivity contribution in [1.82, 2.24) is 4.57 Å². The summed E-state index contributed by atoms with van der Waals surface area (Å²) >= 11 is 0. The summed E-state index contributed by atoms with van der Waals surface area (Å²) in [6.45, 7) is 3.22. The molecule has 5 heteroatoms. The van der Waals surface area contributed by atoms with Gasteiger partial charge in [0.25, 0.3) is 5.69 Å². The van der Waals surface area contributed by atoms with Crippen LogP contribution in [0.25, 0.3) is 32.6 Å². The number of fused-ring (bicyclic) bond motifs is 4. The van der Waals surface area contributed by atoms with Gasteiger partial charge in [-0.25, -0.2) is 0 Å². The van der Waals surface area contributed by atoms with Gasteiger partial charge in [-0.05, 0) is 25.1 Å². The molecule has 0 aliphatic rings. The van der Waals surface area contributed by atoms with Crippen LogP contribution >= 0.6 is 0 Å². The summed E-state index contributed by atoms with van der Waals surface area (Å²) in [7, 11) is 0. The minimum Gasteiger partial charge on any atom is -0.341 e. The van der Waals surface area contributed by atoms with E-state index in [9.17, 15) is 14.9 Å². The number of nitro groups is 1. The van der Waals surface area contributed by atoms with Crippen molar-refractivity contribution in [3.8, 4) is 0 Å². The second kappa shape index (κ2) is 6.11. The van der Waals surface area contributed by atoms with Gasteiger partial charge in [0, 0.05) is 51.3 Å². The zero-order chi connectivity index (χ0) is 18.3. The first-order chi connectivity index (χ1) is 12.6. The van der Waals surface area contributed by atoms with Crippen LogP contribution in [0.5, 0.6) is 0 Å². The summed E-state index contributed by atoms with van der Waals surface area (Å²) in [6, 6.07) is 21.3. The standard InChI is InChI=1S/C14H13N.C7H3NO3/c1-2-15-13-9-5-3-7-11(13)12-8-4-6-10-14(12)15;9-7-5-2-1-4(8(10)11)3-6(5)7/h3-10H,2H2,1H3;1-3H. The highest BCUT2D eigenvalue weighted by atomic mass is 16.6. The van der Waals surface area contributed by atoms with Crippen LogP contribution in [0.2, 0.25) is 0 Å². The Morgan fingerprint density at radius 1 is 0.846 bits per heavy atom. The molecule has 0 atom stereocenters. The van der Waals surface area contributed by atoms with E-state index in [1.807, 2.05) is 0 Å². The lowest BCUT2D eigenvalue weighted by atomic mass is 10.2. The van der Waals surface area contributed by atoms with Gasteiger partial charge in [-0.15, -0.1) is 0 Å². The summed E-state index contributed by atoms with van der Waals surface area (Å²) in [5.74, 6) is 0. The molecular weight excluding hydrogens is 328 g/mol. The molecule has 1 heterocycles. The maximum Gasteiger partial charge on any atom is 0.270 e. The number of nitro benzene ring substituents is 1. The van der Waals surface area contributed by atoms with E-state index in [0.717, 1.165) is 6.54 Å². The van der Waals surface area contributed by atoms with Crippen LogP contribution in [0.1, 0.15) is 6.92 Å². The Balaban J connectivity index is 0.000000136. The van der Waals surface area contributed by atoms with Crippen molar-refractivity contribution in [1.29, 1.82) is 0 Å². The van der Waals surface area contributed by atoms with Crippen LogP contribution < -0.4 is 5.43 Å². The first-order valence-corrected chi connectivity index (χ1v) is 8.41. The van der Waals surface area contributed by atoms with Crippen molar-refractivity contribution in [3.63, 3.8) is 0 Å². The van der Waals surface area contributed by atoms with Crippen LogP contribution in [0, 0.1) is 10.1 Å². The summed E-state index contributed by atoms with van der Waals surface area (Å²) in [5, 5.41) is 14.0. The number of non-ortho nitro benzene ring substituents is 1. The van der Waals surface area contributed by atoms with Crippen LogP contribution in [0.15, 0.2) is 71.5 Å². The van der Waals surface area contributed by atoms with E-state index in [-0.39, 0.29) is 11.1 Å². The van der Waals surface area contributed by atoms with Gasteiger partial charge in [0.2, 0.25) is 0 Å². The second-order valence-corrected chi connectivity index (χ2v) is 6.09. The minimum atomic E-state index is -0.508. The fourth-order valence-electron chi connectivity index (χ4n) is 3.33. The van der Waals surface area contributed by atoms with Gasteiger partial charge in [-0.2, -0.15) is 0 Å². The number of aromatic nitrogens is 1. The van der Waals surface area contributed by atoms with E-state index in [0.29, 0.717) is 10.8 Å². The normalized spacial score (nSPS) is 11.1. The molecule has 128 valence electrons. The maximum absolute atomic E-state index is 10.7. The van der Waals surface area contributed by atoms with Crippen molar-refractivity contribution in [2.45, 2.75) is 13.5 Å². The van der Waals surface area contributed by atoms with Gasteiger partial charge in [0.1, 0.15) is 0 Å². The first-order valence-electron chi connectivity index (χ1n) is 8.41. The second-order valence-electron chi connectivity index (χ2n) is 6.09. The minimum absolute atomic E-state index is 0.0189. The number of benzene rings is 3. The third-order valence-corrected chi connectivity index (χ3v) is 4.64. The van der Waals surface area contributed by atoms with Crippen molar-refractivity contribution < 1.29 is 4.92 Å². The van der Waals surface area contributed by atoms with Gasteiger partial charge in [-0.3, -0.25) is 14.9 Å². The Kier molecular flexibility index (Phi) is 3.77. The number of aryl methyl sites for hydroxylation is 1. The molecule has 0 unspecified atom stereocenters. The maximum atomic E-state index is 10.7. The average Bonchev–Trinajstić information content (AvgIpc) is 3.20. The molecule has 0 bridgehead atoms. The highest BCUT2D eigenvalue weighted by Gasteiger charge is 2.16. The lowest BCUT2D eigenvalue weighted by Gasteiger charge is -2.01. The van der Waals surface area contributed by atoms with Crippen LogP contribution in [0.3, 0.4) is 0 Å². The molecule has 26 heavy (non-hydrogen) atoms. The zero-order valence-electron chi connectivity index (χ0n) is 14.2. The van der Waals surface area contributed by atoms with E-state index < -0.39 is 4.92 Å². The topological polar surface area (TPSA) is 65.1 Å². The zero-order valence-corrected chi connectivity index (χ0v) is 14.2. The van der Waals surface area contributed by atoms with E-state index in [1.165, 1.54) is 40.0 Å². The van der Waals surface area contributed by atoms with Crippen molar-refractivity contribution in [2.75, 3.05) is 0 Å². The summed E-state index contributed by atoms with van der Waals surface area (Å²) < 4.78 is 2.37. The Hall–Kier alpha value is -3.47. The van der Waals surface area contributed by atoms with Crippen LogP contribution in [-0.2, 0) is 6.54 Å². The Bertz CT molecular complexity index is 1220. The Morgan fingerprint density at radius 3 is 1.92 bits per heavy atom.